The highest BCUT2D eigenvalue weighted by Crippen LogP contribution is 2.45. The molecule has 0 aromatic heterocycles. The normalized spacial score (nSPS) is 34.1. The van der Waals surface area contributed by atoms with E-state index in [9.17, 15) is 29.4 Å². The maximum atomic E-state index is 13.4. The summed E-state index contributed by atoms with van der Waals surface area (Å²) in [4.78, 5) is 52.0. The van der Waals surface area contributed by atoms with E-state index in [-0.39, 0.29) is 25.3 Å². The Morgan fingerprint density at radius 2 is 1.97 bits per heavy atom. The van der Waals surface area contributed by atoms with E-state index < -0.39 is 53.2 Å². The number of nitrogens with one attached hydrogen (secondary N) is 2. The molecule has 0 aromatic rings. The van der Waals surface area contributed by atoms with Crippen LogP contribution >= 0.6 is 0 Å². The smallest absolute Gasteiger partial charge is 0.408 e. The Morgan fingerprint density at radius 1 is 1.24 bits per heavy atom. The topological polar surface area (TPSA) is 145 Å². The second-order valence-electron chi connectivity index (χ2n) is 10.2. The molecule has 3 amide bonds. The first-order chi connectivity index (χ1) is 15.4. The quantitative estimate of drug-likeness (QED) is 0.450. The third-order valence-electron chi connectivity index (χ3n) is 6.33. The Morgan fingerprint density at radius 3 is 2.64 bits per heavy atom. The van der Waals surface area contributed by atoms with Crippen LogP contribution in [0.2, 0.25) is 0 Å². The van der Waals surface area contributed by atoms with E-state index >= 15 is 0 Å². The molecule has 2 fully saturated rings. The van der Waals surface area contributed by atoms with Crippen molar-refractivity contribution in [1.29, 1.82) is 0 Å². The van der Waals surface area contributed by atoms with Crippen molar-refractivity contribution in [2.24, 2.45) is 5.92 Å². The van der Waals surface area contributed by atoms with Gasteiger partial charge in [0.25, 0.3) is 0 Å². The number of carboxylic acids is 1. The highest BCUT2D eigenvalue weighted by Gasteiger charge is 2.61. The lowest BCUT2D eigenvalue weighted by Crippen LogP contribution is -2.56. The largest absolute Gasteiger partial charge is 0.479 e. The molecule has 3 aliphatic rings. The number of ether oxygens (including phenoxy) is 1. The minimum atomic E-state index is -1.38. The number of nitrogens with zero attached hydrogens (tertiary/aromatic N) is 1. The van der Waals surface area contributed by atoms with Gasteiger partial charge in [0.1, 0.15) is 23.2 Å². The van der Waals surface area contributed by atoms with Crippen molar-refractivity contribution in [3.63, 3.8) is 0 Å². The average molecular weight is 466 g/mol. The van der Waals surface area contributed by atoms with Crippen LogP contribution in [0.25, 0.3) is 0 Å². The number of hydrogen-bond acceptors (Lipinski definition) is 6. The summed E-state index contributed by atoms with van der Waals surface area (Å²) in [6, 6.07) is -1.93. The van der Waals surface area contributed by atoms with Crippen LogP contribution < -0.4 is 10.6 Å². The summed E-state index contributed by atoms with van der Waals surface area (Å²) in [6.45, 7) is 5.10. The molecule has 10 heteroatoms. The number of hydrogen-bond donors (Lipinski definition) is 4. The molecule has 2 aliphatic heterocycles. The molecular formula is C23H35N3O7. The number of rotatable bonds is 2. The van der Waals surface area contributed by atoms with Crippen LogP contribution in [-0.2, 0) is 19.1 Å². The van der Waals surface area contributed by atoms with Crippen LogP contribution in [0.4, 0.5) is 4.79 Å². The fraction of sp³-hybridized carbons (Fsp3) is 0.739. The van der Waals surface area contributed by atoms with Gasteiger partial charge in [-0.05, 0) is 46.5 Å². The lowest BCUT2D eigenvalue weighted by atomic mass is 10.0. The zero-order valence-corrected chi connectivity index (χ0v) is 19.5. The highest BCUT2D eigenvalue weighted by molar-refractivity contribution is 5.96. The summed E-state index contributed by atoms with van der Waals surface area (Å²) in [7, 11) is 0. The molecule has 184 valence electrons. The first-order valence-electron chi connectivity index (χ1n) is 11.6. The van der Waals surface area contributed by atoms with Crippen LogP contribution in [-0.4, -0.2) is 74.9 Å². The second-order valence-corrected chi connectivity index (χ2v) is 10.2. The summed E-state index contributed by atoms with van der Waals surface area (Å²) in [6.07, 6.45) is 5.91. The van der Waals surface area contributed by atoms with E-state index in [0.29, 0.717) is 12.8 Å². The van der Waals surface area contributed by atoms with Crippen molar-refractivity contribution in [3.05, 3.63) is 12.2 Å². The fourth-order valence-corrected chi connectivity index (χ4v) is 4.53. The number of allylic oxidation sites excluding steroid dienone is 1. The third-order valence-corrected chi connectivity index (χ3v) is 6.33. The minimum absolute atomic E-state index is 0.00688. The molecule has 2 heterocycles. The van der Waals surface area contributed by atoms with Gasteiger partial charge in [0, 0.05) is 18.9 Å². The fourth-order valence-electron chi connectivity index (χ4n) is 4.53. The van der Waals surface area contributed by atoms with Gasteiger partial charge < -0.3 is 30.5 Å². The maximum Gasteiger partial charge on any atom is 0.408 e. The Labute approximate surface area is 193 Å². The monoisotopic (exact) mass is 465 g/mol. The number of aliphatic hydroxyl groups is 1. The van der Waals surface area contributed by atoms with Gasteiger partial charge in [-0.2, -0.15) is 0 Å². The number of carbonyl (C=O) groups is 4. The lowest BCUT2D eigenvalue weighted by Gasteiger charge is -2.30. The molecular weight excluding hydrogens is 430 g/mol. The number of carboxylic acid groups (broad SMARTS) is 1. The van der Waals surface area contributed by atoms with Gasteiger partial charge in [0.15, 0.2) is 0 Å². The molecule has 0 radical (unpaired) electrons. The Bertz CT molecular complexity index is 821. The molecule has 0 bridgehead atoms. The summed E-state index contributed by atoms with van der Waals surface area (Å²) in [5.41, 5.74) is -2.12. The van der Waals surface area contributed by atoms with Gasteiger partial charge in [-0.1, -0.05) is 25.0 Å². The summed E-state index contributed by atoms with van der Waals surface area (Å²) >= 11 is 0. The summed E-state index contributed by atoms with van der Waals surface area (Å²) in [5, 5.41) is 25.2. The molecule has 0 aromatic carbocycles. The molecule has 33 heavy (non-hydrogen) atoms. The average Bonchev–Trinajstić information content (AvgIpc) is 3.25. The SMILES string of the molecule is CC(C)(C)OC(=O)N[C@H]1CCCCC/C=C\[C@H]2C[C@@]2(C(=O)O)NC(=O)C2C[C@@H](O)CN2C1=O. The zero-order valence-electron chi connectivity index (χ0n) is 19.5. The van der Waals surface area contributed by atoms with E-state index in [0.717, 1.165) is 19.3 Å². The molecule has 0 spiro atoms. The van der Waals surface area contributed by atoms with Crippen molar-refractivity contribution in [1.82, 2.24) is 15.5 Å². The summed E-state index contributed by atoms with van der Waals surface area (Å²) < 4.78 is 5.30. The van der Waals surface area contributed by atoms with Gasteiger partial charge in [-0.3, -0.25) is 9.59 Å². The molecule has 1 unspecified atom stereocenters. The van der Waals surface area contributed by atoms with Crippen LogP contribution in [0.1, 0.15) is 65.7 Å². The lowest BCUT2D eigenvalue weighted by molar-refractivity contribution is -0.145. The third kappa shape index (κ3) is 6.04. The van der Waals surface area contributed by atoms with Crippen molar-refractivity contribution in [2.75, 3.05) is 6.54 Å². The Kier molecular flexibility index (Phi) is 7.36. The van der Waals surface area contributed by atoms with Crippen LogP contribution in [0.3, 0.4) is 0 Å². The number of aliphatic carboxylic acids is 1. The summed E-state index contributed by atoms with van der Waals surface area (Å²) in [5.74, 6) is -2.51. The van der Waals surface area contributed by atoms with Gasteiger partial charge in [0.2, 0.25) is 11.8 Å². The van der Waals surface area contributed by atoms with Gasteiger partial charge >= 0.3 is 12.1 Å². The van der Waals surface area contributed by atoms with E-state index in [1.165, 1.54) is 4.90 Å². The molecule has 3 rings (SSSR count). The zero-order chi connectivity index (χ0) is 24.4. The van der Waals surface area contributed by atoms with Crippen LogP contribution in [0, 0.1) is 5.92 Å². The standard InChI is InChI=1S/C23H35N3O7/c1-22(2,3)33-21(32)24-16-10-8-6-4-5-7-9-14-12-23(14,20(30)31)25-18(28)17-11-15(27)13-26(17)19(16)29/h7,9,14-17,27H,4-6,8,10-13H2,1-3H3,(H,24,32)(H,25,28)(H,30,31)/b9-7-/t14-,15+,16-,17?,23+/m0/s1. The predicted octanol–water partition coefficient (Wildman–Crippen LogP) is 1.32. The highest BCUT2D eigenvalue weighted by atomic mass is 16.6. The van der Waals surface area contributed by atoms with Crippen molar-refractivity contribution in [2.45, 2.75) is 95.0 Å². The van der Waals surface area contributed by atoms with Crippen molar-refractivity contribution >= 4 is 23.9 Å². The number of amides is 3. The predicted molar refractivity (Wildman–Crippen MR) is 118 cm³/mol. The minimum Gasteiger partial charge on any atom is -0.479 e. The Balaban J connectivity index is 1.83. The van der Waals surface area contributed by atoms with E-state index in [4.69, 9.17) is 4.74 Å². The number of aliphatic hydroxyl groups excluding tert-OH is 1. The van der Waals surface area contributed by atoms with E-state index in [1.54, 1.807) is 20.8 Å². The van der Waals surface area contributed by atoms with E-state index in [1.807, 2.05) is 12.2 Å². The number of carbonyl (C=O) groups excluding carboxylic acids is 3. The van der Waals surface area contributed by atoms with Crippen LogP contribution in [0.15, 0.2) is 12.2 Å². The van der Waals surface area contributed by atoms with Gasteiger partial charge in [-0.15, -0.1) is 0 Å². The van der Waals surface area contributed by atoms with Crippen molar-refractivity contribution < 1.29 is 34.1 Å². The molecule has 5 atom stereocenters. The molecule has 1 aliphatic carbocycles. The second kappa shape index (κ2) is 9.70. The molecule has 1 saturated carbocycles. The first kappa shape index (κ1) is 25.0. The maximum absolute atomic E-state index is 13.4. The van der Waals surface area contributed by atoms with Gasteiger partial charge in [-0.25, -0.2) is 9.59 Å². The van der Waals surface area contributed by atoms with Crippen LogP contribution in [0.5, 0.6) is 0 Å². The first-order valence-corrected chi connectivity index (χ1v) is 11.6. The number of fused-ring (bicyclic) bond motifs is 2. The molecule has 4 N–H and O–H groups in total. The van der Waals surface area contributed by atoms with E-state index in [2.05, 4.69) is 10.6 Å². The number of alkyl carbamates (subject to hydrolysis) is 1. The molecule has 10 nitrogen and oxygen atoms in total. The Hall–Kier alpha value is -2.62. The van der Waals surface area contributed by atoms with Gasteiger partial charge in [0.05, 0.1) is 6.10 Å². The molecule has 1 saturated heterocycles. The van der Waals surface area contributed by atoms with Crippen molar-refractivity contribution in [3.8, 4) is 0 Å².